The largest absolute Gasteiger partial charge is 0.493 e. The molecule has 0 bridgehead atoms. The molecule has 1 saturated carbocycles. The molecule has 0 N–H and O–H groups in total. The molecular formula is C16H19NO3. The fraction of sp³-hybridized carbons (Fsp3) is 0.500. The minimum absolute atomic E-state index is 0.0507. The van der Waals surface area contributed by atoms with Gasteiger partial charge in [-0.2, -0.15) is 5.26 Å². The van der Waals surface area contributed by atoms with Gasteiger partial charge in [0.25, 0.3) is 0 Å². The number of benzene rings is 1. The number of nitrogens with zero attached hydrogens (tertiary/aromatic N) is 1. The molecule has 2 rings (SSSR count). The fourth-order valence-corrected chi connectivity index (χ4v) is 2.49. The van der Waals surface area contributed by atoms with Crippen molar-refractivity contribution < 1.29 is 14.3 Å². The molecule has 0 spiro atoms. The van der Waals surface area contributed by atoms with E-state index in [-0.39, 0.29) is 24.7 Å². The number of rotatable bonds is 6. The van der Waals surface area contributed by atoms with Crippen LogP contribution in [-0.2, 0) is 11.2 Å². The standard InChI is InChI=1S/C16H19NO3/c1-19-15-7-6-12(10-13(18)8-9-17)11-16(15)20-14-4-2-3-5-14/h6-7,11,14H,2-5,8,10H2,1H3. The fourth-order valence-electron chi connectivity index (χ4n) is 2.49. The third-order valence-corrected chi connectivity index (χ3v) is 3.50. The molecule has 0 amide bonds. The SMILES string of the molecule is COc1ccc(CC(=O)CC#N)cc1OC1CCCC1. The van der Waals surface area contributed by atoms with Crippen molar-refractivity contribution in [1.82, 2.24) is 0 Å². The van der Waals surface area contributed by atoms with Crippen LogP contribution in [0, 0.1) is 11.3 Å². The van der Waals surface area contributed by atoms with Crippen LogP contribution in [0.1, 0.15) is 37.7 Å². The van der Waals surface area contributed by atoms with E-state index in [1.54, 1.807) is 7.11 Å². The van der Waals surface area contributed by atoms with Crippen molar-refractivity contribution in [3.63, 3.8) is 0 Å². The molecule has 1 aromatic rings. The third kappa shape index (κ3) is 3.74. The monoisotopic (exact) mass is 273 g/mol. The Bertz CT molecular complexity index is 513. The Labute approximate surface area is 119 Å². The zero-order chi connectivity index (χ0) is 14.4. The highest BCUT2D eigenvalue weighted by Crippen LogP contribution is 2.32. The molecule has 106 valence electrons. The smallest absolute Gasteiger partial charge is 0.161 e. The summed E-state index contributed by atoms with van der Waals surface area (Å²) in [5.41, 5.74) is 0.860. The first-order valence-electron chi connectivity index (χ1n) is 6.95. The maximum absolute atomic E-state index is 11.5. The molecule has 0 radical (unpaired) electrons. The first-order chi connectivity index (χ1) is 9.72. The molecule has 0 unspecified atom stereocenters. The maximum atomic E-state index is 11.5. The zero-order valence-corrected chi connectivity index (χ0v) is 11.7. The Morgan fingerprint density at radius 3 is 2.75 bits per heavy atom. The van der Waals surface area contributed by atoms with Crippen LogP contribution < -0.4 is 9.47 Å². The minimum atomic E-state index is -0.0792. The zero-order valence-electron chi connectivity index (χ0n) is 11.7. The van der Waals surface area contributed by atoms with Crippen molar-refractivity contribution in [2.24, 2.45) is 0 Å². The van der Waals surface area contributed by atoms with E-state index in [0.29, 0.717) is 11.5 Å². The molecule has 1 aliphatic rings. The lowest BCUT2D eigenvalue weighted by Crippen LogP contribution is -2.12. The van der Waals surface area contributed by atoms with Gasteiger partial charge in [0.15, 0.2) is 17.3 Å². The summed E-state index contributed by atoms with van der Waals surface area (Å²) in [5.74, 6) is 1.31. The van der Waals surface area contributed by atoms with Crippen molar-refractivity contribution in [1.29, 1.82) is 5.26 Å². The minimum Gasteiger partial charge on any atom is -0.493 e. The van der Waals surface area contributed by atoms with Gasteiger partial charge in [-0.3, -0.25) is 4.79 Å². The topological polar surface area (TPSA) is 59.3 Å². The summed E-state index contributed by atoms with van der Waals surface area (Å²) in [6.45, 7) is 0. The molecule has 4 nitrogen and oxygen atoms in total. The molecule has 1 fully saturated rings. The van der Waals surface area contributed by atoms with Gasteiger partial charge in [-0.05, 0) is 43.4 Å². The summed E-state index contributed by atoms with van der Waals surface area (Å²) in [4.78, 5) is 11.5. The Balaban J connectivity index is 2.11. The van der Waals surface area contributed by atoms with E-state index in [9.17, 15) is 4.79 Å². The molecule has 0 heterocycles. The maximum Gasteiger partial charge on any atom is 0.161 e. The van der Waals surface area contributed by atoms with E-state index < -0.39 is 0 Å². The summed E-state index contributed by atoms with van der Waals surface area (Å²) in [6.07, 6.45) is 5.00. The van der Waals surface area contributed by atoms with Crippen molar-refractivity contribution in [2.45, 2.75) is 44.6 Å². The number of carbonyl (C=O) groups is 1. The average Bonchev–Trinajstić information content (AvgIpc) is 2.92. The van der Waals surface area contributed by atoms with Crippen LogP contribution in [0.4, 0.5) is 0 Å². The highest BCUT2D eigenvalue weighted by atomic mass is 16.5. The first-order valence-corrected chi connectivity index (χ1v) is 6.95. The van der Waals surface area contributed by atoms with Crippen LogP contribution in [0.3, 0.4) is 0 Å². The molecule has 1 aromatic carbocycles. The van der Waals surface area contributed by atoms with Crippen LogP contribution in [0.5, 0.6) is 11.5 Å². The van der Waals surface area contributed by atoms with Gasteiger partial charge in [-0.25, -0.2) is 0 Å². The van der Waals surface area contributed by atoms with Crippen molar-refractivity contribution in [3.05, 3.63) is 23.8 Å². The van der Waals surface area contributed by atoms with E-state index in [4.69, 9.17) is 14.7 Å². The van der Waals surface area contributed by atoms with Crippen LogP contribution in [0.2, 0.25) is 0 Å². The second kappa shape index (κ2) is 6.95. The number of hydrogen-bond acceptors (Lipinski definition) is 4. The van der Waals surface area contributed by atoms with Gasteiger partial charge in [0.05, 0.1) is 25.7 Å². The molecule has 0 aliphatic heterocycles. The normalized spacial score (nSPS) is 14.8. The predicted octanol–water partition coefficient (Wildman–Crippen LogP) is 3.04. The van der Waals surface area contributed by atoms with E-state index in [2.05, 4.69) is 0 Å². The Kier molecular flexibility index (Phi) is 5.00. The average molecular weight is 273 g/mol. The molecular weight excluding hydrogens is 254 g/mol. The van der Waals surface area contributed by atoms with E-state index >= 15 is 0 Å². The van der Waals surface area contributed by atoms with E-state index in [1.165, 1.54) is 12.8 Å². The molecule has 0 atom stereocenters. The quantitative estimate of drug-likeness (QED) is 0.799. The van der Waals surface area contributed by atoms with Gasteiger partial charge in [0.2, 0.25) is 0 Å². The van der Waals surface area contributed by atoms with Gasteiger partial charge in [-0.1, -0.05) is 6.07 Å². The Morgan fingerprint density at radius 1 is 1.35 bits per heavy atom. The number of methoxy groups -OCH3 is 1. The second-order valence-corrected chi connectivity index (χ2v) is 5.06. The first kappa shape index (κ1) is 14.4. The number of nitriles is 1. The number of ether oxygens (including phenoxy) is 2. The molecule has 4 heteroatoms. The lowest BCUT2D eigenvalue weighted by Gasteiger charge is -2.16. The predicted molar refractivity (Wildman–Crippen MR) is 74.8 cm³/mol. The Morgan fingerprint density at radius 2 is 2.10 bits per heavy atom. The summed E-state index contributed by atoms with van der Waals surface area (Å²) in [7, 11) is 1.61. The summed E-state index contributed by atoms with van der Waals surface area (Å²) >= 11 is 0. The molecule has 1 aliphatic carbocycles. The summed E-state index contributed by atoms with van der Waals surface area (Å²) in [6, 6.07) is 7.39. The van der Waals surface area contributed by atoms with Crippen LogP contribution in [0.25, 0.3) is 0 Å². The van der Waals surface area contributed by atoms with Crippen molar-refractivity contribution >= 4 is 5.78 Å². The lowest BCUT2D eigenvalue weighted by molar-refractivity contribution is -0.117. The molecule has 0 aromatic heterocycles. The van der Waals surface area contributed by atoms with Gasteiger partial charge < -0.3 is 9.47 Å². The third-order valence-electron chi connectivity index (χ3n) is 3.50. The van der Waals surface area contributed by atoms with Gasteiger partial charge in [0, 0.05) is 6.42 Å². The van der Waals surface area contributed by atoms with Crippen LogP contribution in [0.15, 0.2) is 18.2 Å². The highest BCUT2D eigenvalue weighted by Gasteiger charge is 2.18. The summed E-state index contributed by atoms with van der Waals surface area (Å²) < 4.78 is 11.3. The number of Topliss-reactive ketones (excluding diaryl/α,β-unsaturated/α-hetero) is 1. The van der Waals surface area contributed by atoms with Crippen molar-refractivity contribution in [3.8, 4) is 17.6 Å². The molecule has 20 heavy (non-hydrogen) atoms. The second-order valence-electron chi connectivity index (χ2n) is 5.06. The van der Waals surface area contributed by atoms with Gasteiger partial charge in [-0.15, -0.1) is 0 Å². The van der Waals surface area contributed by atoms with Crippen LogP contribution >= 0.6 is 0 Å². The van der Waals surface area contributed by atoms with Gasteiger partial charge in [0.1, 0.15) is 0 Å². The molecule has 0 saturated heterocycles. The highest BCUT2D eigenvalue weighted by molar-refractivity contribution is 5.82. The van der Waals surface area contributed by atoms with E-state index in [0.717, 1.165) is 18.4 Å². The number of ketones is 1. The number of hydrogen-bond donors (Lipinski definition) is 0. The lowest BCUT2D eigenvalue weighted by atomic mass is 10.1. The van der Waals surface area contributed by atoms with Crippen molar-refractivity contribution in [2.75, 3.05) is 7.11 Å². The Hall–Kier alpha value is -2.02. The van der Waals surface area contributed by atoms with Gasteiger partial charge >= 0.3 is 0 Å². The van der Waals surface area contributed by atoms with E-state index in [1.807, 2.05) is 24.3 Å². The van der Waals surface area contributed by atoms with Crippen LogP contribution in [-0.4, -0.2) is 19.0 Å². The summed E-state index contributed by atoms with van der Waals surface area (Å²) in [5, 5.41) is 8.53. The number of carbonyl (C=O) groups excluding carboxylic acids is 1.